The second kappa shape index (κ2) is 9.23. The highest BCUT2D eigenvalue weighted by Crippen LogP contribution is 2.44. The van der Waals surface area contributed by atoms with Crippen molar-refractivity contribution in [3.05, 3.63) is 59.7 Å². The van der Waals surface area contributed by atoms with Gasteiger partial charge in [0.1, 0.15) is 6.61 Å². The van der Waals surface area contributed by atoms with Crippen LogP contribution in [0.3, 0.4) is 0 Å². The van der Waals surface area contributed by atoms with Gasteiger partial charge in [0.25, 0.3) is 5.91 Å². The van der Waals surface area contributed by atoms with Crippen LogP contribution in [0, 0.1) is 5.41 Å². The lowest BCUT2D eigenvalue weighted by molar-refractivity contribution is -0.163. The van der Waals surface area contributed by atoms with Crippen LogP contribution in [0.1, 0.15) is 51.7 Å². The highest BCUT2D eigenvalue weighted by Gasteiger charge is 2.45. The van der Waals surface area contributed by atoms with Gasteiger partial charge < -0.3 is 15.2 Å². The van der Waals surface area contributed by atoms with Gasteiger partial charge in [-0.2, -0.15) is 0 Å². The fourth-order valence-electron chi connectivity index (χ4n) is 3.65. The standard InChI is InChI=1S/C25H30N2O6/c1-15(21(28)29)33-27-22(30)24(2,3)25(4,5)26-23(31)32-14-20-18-12-8-6-10-16(18)17-11-7-9-13-19(17)20/h6-13,15,20H,14H2,1-5H3,(H,26,31)(H,27,30)(H,28,29). The van der Waals surface area contributed by atoms with Crippen LogP contribution in [0.4, 0.5) is 4.79 Å². The fraction of sp³-hybridized carbons (Fsp3) is 0.400. The van der Waals surface area contributed by atoms with Gasteiger partial charge in [-0.05, 0) is 56.9 Å². The maximum Gasteiger partial charge on any atom is 0.407 e. The summed E-state index contributed by atoms with van der Waals surface area (Å²) >= 11 is 0. The number of amides is 2. The highest BCUT2D eigenvalue weighted by atomic mass is 16.7. The number of ether oxygens (including phenoxy) is 1. The van der Waals surface area contributed by atoms with E-state index >= 15 is 0 Å². The molecule has 0 radical (unpaired) electrons. The van der Waals surface area contributed by atoms with E-state index in [2.05, 4.69) is 22.9 Å². The number of carboxylic acids is 1. The molecule has 0 bridgehead atoms. The molecule has 0 heterocycles. The number of rotatable bonds is 8. The molecule has 176 valence electrons. The largest absolute Gasteiger partial charge is 0.479 e. The predicted octanol–water partition coefficient (Wildman–Crippen LogP) is 3.85. The number of aliphatic carboxylic acids is 1. The Morgan fingerprint density at radius 1 is 0.970 bits per heavy atom. The molecule has 1 unspecified atom stereocenters. The summed E-state index contributed by atoms with van der Waals surface area (Å²) in [4.78, 5) is 41.1. The summed E-state index contributed by atoms with van der Waals surface area (Å²) in [6.07, 6.45) is -1.86. The molecule has 2 amide bonds. The number of fused-ring (bicyclic) bond motifs is 3. The van der Waals surface area contributed by atoms with Crippen LogP contribution in [0.5, 0.6) is 0 Å². The van der Waals surface area contributed by atoms with E-state index in [0.717, 1.165) is 22.3 Å². The number of carboxylic acid groups (broad SMARTS) is 1. The minimum absolute atomic E-state index is 0.0755. The number of carbonyl (C=O) groups excluding carboxylic acids is 2. The molecule has 2 aromatic carbocycles. The molecule has 2 aromatic rings. The number of benzene rings is 2. The van der Waals surface area contributed by atoms with Crippen LogP contribution in [-0.2, 0) is 19.2 Å². The zero-order valence-electron chi connectivity index (χ0n) is 19.5. The van der Waals surface area contributed by atoms with Crippen molar-refractivity contribution in [2.24, 2.45) is 5.41 Å². The van der Waals surface area contributed by atoms with E-state index in [1.807, 2.05) is 36.4 Å². The van der Waals surface area contributed by atoms with Crippen molar-refractivity contribution >= 4 is 18.0 Å². The molecule has 0 saturated carbocycles. The lowest BCUT2D eigenvalue weighted by Gasteiger charge is -2.40. The molecular weight excluding hydrogens is 424 g/mol. The van der Waals surface area contributed by atoms with E-state index in [1.54, 1.807) is 27.7 Å². The normalized spacial score (nSPS) is 14.1. The van der Waals surface area contributed by atoms with E-state index in [1.165, 1.54) is 6.92 Å². The molecule has 3 N–H and O–H groups in total. The summed E-state index contributed by atoms with van der Waals surface area (Å²) in [6.45, 7) is 8.09. The molecule has 0 aromatic heterocycles. The van der Waals surface area contributed by atoms with Crippen LogP contribution in [0.25, 0.3) is 11.1 Å². The molecule has 33 heavy (non-hydrogen) atoms. The van der Waals surface area contributed by atoms with Crippen molar-refractivity contribution < 1.29 is 29.1 Å². The zero-order valence-corrected chi connectivity index (χ0v) is 19.5. The fourth-order valence-corrected chi connectivity index (χ4v) is 3.65. The third kappa shape index (κ3) is 4.85. The zero-order chi connectivity index (χ0) is 24.4. The van der Waals surface area contributed by atoms with Gasteiger partial charge in [-0.1, -0.05) is 48.5 Å². The molecular formula is C25H30N2O6. The molecule has 0 saturated heterocycles. The van der Waals surface area contributed by atoms with Gasteiger partial charge in [-0.15, -0.1) is 0 Å². The maximum atomic E-state index is 12.7. The minimum atomic E-state index is -1.21. The molecule has 1 aliphatic rings. The van der Waals surface area contributed by atoms with Crippen molar-refractivity contribution in [1.29, 1.82) is 0 Å². The monoisotopic (exact) mass is 454 g/mol. The van der Waals surface area contributed by atoms with E-state index in [0.29, 0.717) is 0 Å². The van der Waals surface area contributed by atoms with Crippen LogP contribution in [0.2, 0.25) is 0 Å². The number of hydroxylamine groups is 1. The second-order valence-corrected chi connectivity index (χ2v) is 9.23. The SMILES string of the molecule is CC(ONC(=O)C(C)(C)C(C)(C)NC(=O)OCC1c2ccccc2-c2ccccc21)C(=O)O. The Hall–Kier alpha value is -3.39. The Morgan fingerprint density at radius 3 is 2.00 bits per heavy atom. The Labute approximate surface area is 193 Å². The Kier molecular flexibility index (Phi) is 6.78. The minimum Gasteiger partial charge on any atom is -0.479 e. The molecule has 3 rings (SSSR count). The summed E-state index contributed by atoms with van der Waals surface area (Å²) in [7, 11) is 0. The summed E-state index contributed by atoms with van der Waals surface area (Å²) in [5, 5.41) is 11.7. The quantitative estimate of drug-likeness (QED) is 0.522. The van der Waals surface area contributed by atoms with Crippen molar-refractivity contribution in [1.82, 2.24) is 10.8 Å². The Balaban J connectivity index is 1.64. The first-order valence-electron chi connectivity index (χ1n) is 10.8. The summed E-state index contributed by atoms with van der Waals surface area (Å²) in [5.74, 6) is -1.85. The second-order valence-electron chi connectivity index (χ2n) is 9.23. The molecule has 1 aliphatic carbocycles. The average Bonchev–Trinajstić information content (AvgIpc) is 3.09. The van der Waals surface area contributed by atoms with Crippen LogP contribution in [0.15, 0.2) is 48.5 Å². The Morgan fingerprint density at radius 2 is 1.48 bits per heavy atom. The van der Waals surface area contributed by atoms with Crippen molar-refractivity contribution in [2.75, 3.05) is 6.61 Å². The van der Waals surface area contributed by atoms with Crippen LogP contribution < -0.4 is 10.8 Å². The molecule has 0 spiro atoms. The van der Waals surface area contributed by atoms with E-state index in [9.17, 15) is 14.4 Å². The third-order valence-corrected chi connectivity index (χ3v) is 6.56. The molecule has 1 atom stereocenters. The first-order chi connectivity index (χ1) is 15.5. The van der Waals surface area contributed by atoms with Gasteiger partial charge in [-0.3, -0.25) is 9.63 Å². The van der Waals surface area contributed by atoms with E-state index < -0.39 is 35.0 Å². The van der Waals surface area contributed by atoms with E-state index in [-0.39, 0.29) is 12.5 Å². The number of hydrogen-bond donors (Lipinski definition) is 3. The average molecular weight is 455 g/mol. The number of carbonyl (C=O) groups is 3. The maximum absolute atomic E-state index is 12.7. The summed E-state index contributed by atoms with van der Waals surface area (Å²) in [5.41, 5.74) is 4.48. The van der Waals surface area contributed by atoms with Crippen molar-refractivity contribution in [3.8, 4) is 11.1 Å². The van der Waals surface area contributed by atoms with Gasteiger partial charge >= 0.3 is 12.1 Å². The number of hydrogen-bond acceptors (Lipinski definition) is 5. The van der Waals surface area contributed by atoms with E-state index in [4.69, 9.17) is 14.7 Å². The van der Waals surface area contributed by atoms with Gasteiger partial charge in [0.15, 0.2) is 6.10 Å². The molecule has 8 heteroatoms. The van der Waals surface area contributed by atoms with Gasteiger partial charge in [-0.25, -0.2) is 15.1 Å². The molecule has 0 aliphatic heterocycles. The van der Waals surface area contributed by atoms with Gasteiger partial charge in [0.2, 0.25) is 0 Å². The number of alkyl carbamates (subject to hydrolysis) is 1. The third-order valence-electron chi connectivity index (χ3n) is 6.56. The van der Waals surface area contributed by atoms with Crippen molar-refractivity contribution in [3.63, 3.8) is 0 Å². The summed E-state index contributed by atoms with van der Waals surface area (Å²) in [6, 6.07) is 16.1. The van der Waals surface area contributed by atoms with Crippen LogP contribution >= 0.6 is 0 Å². The Bertz CT molecular complexity index is 1020. The lowest BCUT2D eigenvalue weighted by atomic mass is 9.74. The first-order valence-corrected chi connectivity index (χ1v) is 10.8. The smallest absolute Gasteiger partial charge is 0.407 e. The highest BCUT2D eigenvalue weighted by molar-refractivity contribution is 5.84. The van der Waals surface area contributed by atoms with Crippen LogP contribution in [-0.4, -0.2) is 41.3 Å². The number of nitrogens with one attached hydrogen (secondary N) is 2. The first kappa shape index (κ1) is 24.3. The van der Waals surface area contributed by atoms with Gasteiger partial charge in [0.05, 0.1) is 11.0 Å². The molecule has 0 fully saturated rings. The molecule has 8 nitrogen and oxygen atoms in total. The summed E-state index contributed by atoms with van der Waals surface area (Å²) < 4.78 is 5.59. The van der Waals surface area contributed by atoms with Crippen molar-refractivity contribution in [2.45, 2.75) is 52.2 Å². The predicted molar refractivity (Wildman–Crippen MR) is 122 cm³/mol. The lowest BCUT2D eigenvalue weighted by Crippen LogP contribution is -2.59. The van der Waals surface area contributed by atoms with Gasteiger partial charge in [0, 0.05) is 5.92 Å². The topological polar surface area (TPSA) is 114 Å².